The Morgan fingerprint density at radius 3 is 2.71 bits per heavy atom. The van der Waals surface area contributed by atoms with Crippen molar-refractivity contribution < 1.29 is 23.8 Å². The normalized spacial score (nSPS) is 27.9. The van der Waals surface area contributed by atoms with Crippen molar-refractivity contribution in [2.45, 2.75) is 64.8 Å². The summed E-state index contributed by atoms with van der Waals surface area (Å²) in [6.07, 6.45) is 4.91. The zero-order valence-electron chi connectivity index (χ0n) is 17.0. The van der Waals surface area contributed by atoms with Gasteiger partial charge in [-0.2, -0.15) is 0 Å². The van der Waals surface area contributed by atoms with Crippen molar-refractivity contribution >= 4 is 11.5 Å². The van der Waals surface area contributed by atoms with Crippen LogP contribution in [-0.2, 0) is 14.3 Å². The Bertz CT molecular complexity index is 809. The van der Waals surface area contributed by atoms with E-state index in [1.807, 2.05) is 24.3 Å². The topological polar surface area (TPSA) is 55.8 Å². The summed E-state index contributed by atoms with van der Waals surface area (Å²) in [7, 11) is 1.72. The Labute approximate surface area is 166 Å². The second-order valence-corrected chi connectivity index (χ2v) is 8.49. The SMILES string of the molecule is COC1CC(c2ccc(F)c(C)c2)=C(C=C[C@H]2C[C@H](O)CC(=O)O2)C(C)(C)C1. The van der Waals surface area contributed by atoms with Crippen LogP contribution < -0.4 is 0 Å². The molecule has 1 aromatic rings. The number of hydrogen-bond acceptors (Lipinski definition) is 4. The molecule has 1 aliphatic carbocycles. The number of benzene rings is 1. The largest absolute Gasteiger partial charge is 0.458 e. The lowest BCUT2D eigenvalue weighted by atomic mass is 9.69. The molecule has 1 aliphatic heterocycles. The smallest absolute Gasteiger partial charge is 0.309 e. The maximum Gasteiger partial charge on any atom is 0.309 e. The quantitative estimate of drug-likeness (QED) is 0.780. The highest BCUT2D eigenvalue weighted by atomic mass is 19.1. The van der Waals surface area contributed by atoms with E-state index in [1.54, 1.807) is 14.0 Å². The second-order valence-electron chi connectivity index (χ2n) is 8.49. The number of allylic oxidation sites excluding steroid dienone is 2. The molecule has 0 saturated carbocycles. The Morgan fingerprint density at radius 1 is 1.32 bits per heavy atom. The van der Waals surface area contributed by atoms with Gasteiger partial charge < -0.3 is 14.6 Å². The molecule has 28 heavy (non-hydrogen) atoms. The third kappa shape index (κ3) is 4.53. The Morgan fingerprint density at radius 2 is 2.07 bits per heavy atom. The molecule has 1 fully saturated rings. The number of aliphatic hydroxyl groups excluding tert-OH is 1. The highest BCUT2D eigenvalue weighted by Crippen LogP contribution is 2.45. The van der Waals surface area contributed by atoms with E-state index in [2.05, 4.69) is 13.8 Å². The lowest BCUT2D eigenvalue weighted by molar-refractivity contribution is -0.156. The van der Waals surface area contributed by atoms with Crippen molar-refractivity contribution in [2.75, 3.05) is 7.11 Å². The zero-order valence-corrected chi connectivity index (χ0v) is 17.0. The van der Waals surface area contributed by atoms with Crippen LogP contribution in [0.25, 0.3) is 5.57 Å². The predicted octanol–water partition coefficient (Wildman–Crippen LogP) is 4.35. The molecule has 1 saturated heterocycles. The number of aryl methyl sites for hydroxylation is 1. The standard InChI is InChI=1S/C23H29FO4/c1-14-9-15(5-8-21(14)24)19-12-18(27-4)13-23(2,3)20(19)7-6-17-10-16(25)11-22(26)28-17/h5-9,16-18,25H,10-13H2,1-4H3/t16-,17-,18?/m0/s1. The molecule has 1 N–H and O–H groups in total. The van der Waals surface area contributed by atoms with E-state index >= 15 is 0 Å². The van der Waals surface area contributed by atoms with E-state index in [-0.39, 0.29) is 29.7 Å². The van der Waals surface area contributed by atoms with Crippen LogP contribution in [0.2, 0.25) is 0 Å². The molecule has 152 valence electrons. The van der Waals surface area contributed by atoms with Crippen LogP contribution >= 0.6 is 0 Å². The molecule has 2 aliphatic rings. The summed E-state index contributed by atoms with van der Waals surface area (Å²) in [4.78, 5) is 11.6. The Balaban J connectivity index is 2.01. The highest BCUT2D eigenvalue weighted by Gasteiger charge is 2.35. The van der Waals surface area contributed by atoms with Gasteiger partial charge in [-0.1, -0.05) is 26.0 Å². The summed E-state index contributed by atoms with van der Waals surface area (Å²) in [6.45, 7) is 6.09. The van der Waals surface area contributed by atoms with Gasteiger partial charge >= 0.3 is 5.97 Å². The van der Waals surface area contributed by atoms with Crippen LogP contribution in [0.15, 0.2) is 35.9 Å². The molecule has 3 rings (SSSR count). The van der Waals surface area contributed by atoms with Gasteiger partial charge in [-0.15, -0.1) is 0 Å². The average molecular weight is 388 g/mol. The summed E-state index contributed by atoms with van der Waals surface area (Å²) >= 11 is 0. The predicted molar refractivity (Wildman–Crippen MR) is 106 cm³/mol. The van der Waals surface area contributed by atoms with Gasteiger partial charge in [0.15, 0.2) is 0 Å². The number of ether oxygens (including phenoxy) is 2. The fourth-order valence-corrected chi connectivity index (χ4v) is 4.23. The number of halogens is 1. The summed E-state index contributed by atoms with van der Waals surface area (Å²) < 4.78 is 24.8. The molecular weight excluding hydrogens is 359 g/mol. The van der Waals surface area contributed by atoms with Crippen LogP contribution in [0.4, 0.5) is 4.39 Å². The van der Waals surface area contributed by atoms with E-state index in [9.17, 15) is 14.3 Å². The molecule has 1 aromatic carbocycles. The number of methoxy groups -OCH3 is 1. The van der Waals surface area contributed by atoms with Crippen molar-refractivity contribution in [3.05, 3.63) is 52.9 Å². The third-order valence-electron chi connectivity index (χ3n) is 5.73. The lowest BCUT2D eigenvalue weighted by Crippen LogP contribution is -2.32. The van der Waals surface area contributed by atoms with Gasteiger partial charge in [0.05, 0.1) is 18.6 Å². The van der Waals surface area contributed by atoms with Gasteiger partial charge in [0.1, 0.15) is 11.9 Å². The van der Waals surface area contributed by atoms with E-state index in [1.165, 1.54) is 6.07 Å². The first-order chi connectivity index (χ1) is 13.2. The zero-order chi connectivity index (χ0) is 20.5. The van der Waals surface area contributed by atoms with Gasteiger partial charge in [0, 0.05) is 13.5 Å². The molecule has 3 atom stereocenters. The number of carbonyl (C=O) groups is 1. The van der Waals surface area contributed by atoms with Crippen LogP contribution in [0.3, 0.4) is 0 Å². The third-order valence-corrected chi connectivity index (χ3v) is 5.73. The fourth-order valence-electron chi connectivity index (χ4n) is 4.23. The first kappa shape index (κ1) is 20.7. The molecular formula is C23H29FO4. The number of rotatable bonds is 4. The molecule has 0 amide bonds. The van der Waals surface area contributed by atoms with Gasteiger partial charge in [-0.3, -0.25) is 4.79 Å². The minimum atomic E-state index is -0.665. The first-order valence-corrected chi connectivity index (χ1v) is 9.78. The Hall–Kier alpha value is -1.98. The summed E-state index contributed by atoms with van der Waals surface area (Å²) in [5.41, 5.74) is 3.67. The van der Waals surface area contributed by atoms with Gasteiger partial charge in [0.2, 0.25) is 0 Å². The molecule has 1 heterocycles. The van der Waals surface area contributed by atoms with E-state index in [0.29, 0.717) is 12.0 Å². The van der Waals surface area contributed by atoms with Crippen molar-refractivity contribution in [3.63, 3.8) is 0 Å². The summed E-state index contributed by atoms with van der Waals surface area (Å²) in [5.74, 6) is -0.595. The molecule has 0 aromatic heterocycles. The molecule has 0 radical (unpaired) electrons. The minimum absolute atomic E-state index is 0.0498. The summed E-state index contributed by atoms with van der Waals surface area (Å²) in [5, 5.41) is 9.84. The molecule has 5 heteroatoms. The molecule has 0 spiro atoms. The molecule has 4 nitrogen and oxygen atoms in total. The minimum Gasteiger partial charge on any atom is -0.458 e. The van der Waals surface area contributed by atoms with Crippen molar-refractivity contribution in [1.29, 1.82) is 0 Å². The monoisotopic (exact) mass is 388 g/mol. The van der Waals surface area contributed by atoms with E-state index < -0.39 is 12.2 Å². The number of carbonyl (C=O) groups excluding carboxylic acids is 1. The number of aliphatic hydroxyl groups is 1. The summed E-state index contributed by atoms with van der Waals surface area (Å²) in [6, 6.07) is 5.18. The van der Waals surface area contributed by atoms with Gasteiger partial charge in [0.25, 0.3) is 0 Å². The number of esters is 1. The van der Waals surface area contributed by atoms with E-state index in [0.717, 1.165) is 29.6 Å². The lowest BCUT2D eigenvalue weighted by Gasteiger charge is -2.38. The first-order valence-electron chi connectivity index (χ1n) is 9.78. The van der Waals surface area contributed by atoms with Crippen molar-refractivity contribution in [1.82, 2.24) is 0 Å². The highest BCUT2D eigenvalue weighted by molar-refractivity contribution is 5.74. The second kappa shape index (κ2) is 8.18. The number of hydrogen-bond donors (Lipinski definition) is 1. The van der Waals surface area contributed by atoms with Gasteiger partial charge in [-0.25, -0.2) is 4.39 Å². The van der Waals surface area contributed by atoms with Crippen LogP contribution in [0.5, 0.6) is 0 Å². The van der Waals surface area contributed by atoms with E-state index in [4.69, 9.17) is 9.47 Å². The van der Waals surface area contributed by atoms with Crippen molar-refractivity contribution in [2.24, 2.45) is 5.41 Å². The van der Waals surface area contributed by atoms with Crippen molar-refractivity contribution in [3.8, 4) is 0 Å². The van der Waals surface area contributed by atoms with Crippen LogP contribution in [0.1, 0.15) is 50.7 Å². The maximum absolute atomic E-state index is 13.8. The maximum atomic E-state index is 13.8. The molecule has 0 bridgehead atoms. The average Bonchev–Trinajstić information content (AvgIpc) is 2.61. The fraction of sp³-hybridized carbons (Fsp3) is 0.522. The molecule has 1 unspecified atom stereocenters. The van der Waals surface area contributed by atoms with Crippen LogP contribution in [-0.4, -0.2) is 36.5 Å². The number of cyclic esters (lactones) is 1. The Kier molecular flexibility index (Phi) is 6.06. The van der Waals surface area contributed by atoms with Crippen LogP contribution in [0, 0.1) is 18.2 Å². The van der Waals surface area contributed by atoms with Gasteiger partial charge in [-0.05, 0) is 65.7 Å².